The van der Waals surface area contributed by atoms with Gasteiger partial charge >= 0.3 is 0 Å². The molecule has 120 valence electrons. The fourth-order valence-electron chi connectivity index (χ4n) is 2.99. The molecule has 0 aliphatic rings. The third-order valence-corrected chi connectivity index (χ3v) is 4.22. The number of hydrogen-bond donors (Lipinski definition) is 0. The minimum absolute atomic E-state index is 0.0231. The van der Waals surface area contributed by atoms with Crippen LogP contribution in [0.4, 0.5) is 0 Å². The van der Waals surface area contributed by atoms with E-state index < -0.39 is 0 Å². The van der Waals surface area contributed by atoms with E-state index >= 15 is 0 Å². The molecular formula is C16H19N5O2. The lowest BCUT2D eigenvalue weighted by Crippen LogP contribution is -2.24. The molecule has 0 aromatic carbocycles. The van der Waals surface area contributed by atoms with Gasteiger partial charge < -0.3 is 4.57 Å². The summed E-state index contributed by atoms with van der Waals surface area (Å²) in [6.45, 7) is 6.73. The maximum absolute atomic E-state index is 12.6. The first-order valence-electron chi connectivity index (χ1n) is 7.51. The number of Topliss-reactive ketones (excluding diaryl/α,β-unsaturated/α-hetero) is 1. The van der Waals surface area contributed by atoms with Crippen LogP contribution in [0.25, 0.3) is 11.0 Å². The van der Waals surface area contributed by atoms with E-state index in [0.29, 0.717) is 16.6 Å². The fraction of sp³-hybridized carbons (Fsp3) is 0.375. The van der Waals surface area contributed by atoms with Gasteiger partial charge in [-0.1, -0.05) is 0 Å². The second-order valence-corrected chi connectivity index (χ2v) is 5.64. The van der Waals surface area contributed by atoms with Crippen LogP contribution in [0.15, 0.2) is 23.4 Å². The summed E-state index contributed by atoms with van der Waals surface area (Å²) in [5.41, 5.74) is 2.89. The van der Waals surface area contributed by atoms with E-state index in [9.17, 15) is 9.59 Å². The van der Waals surface area contributed by atoms with E-state index in [1.165, 1.54) is 21.8 Å². The molecule has 0 unspecified atom stereocenters. The Hall–Kier alpha value is -2.70. The number of ketones is 1. The highest BCUT2D eigenvalue weighted by atomic mass is 16.1. The molecule has 0 spiro atoms. The van der Waals surface area contributed by atoms with Gasteiger partial charge in [0, 0.05) is 30.5 Å². The number of aromatic nitrogens is 5. The van der Waals surface area contributed by atoms with Crippen LogP contribution in [0.5, 0.6) is 0 Å². The van der Waals surface area contributed by atoms with E-state index in [1.54, 1.807) is 7.05 Å². The predicted octanol–water partition coefficient (Wildman–Crippen LogP) is 1.45. The lowest BCUT2D eigenvalue weighted by atomic mass is 10.1. The Kier molecular flexibility index (Phi) is 3.63. The molecule has 3 aromatic rings. The highest BCUT2D eigenvalue weighted by molar-refractivity contribution is 5.97. The summed E-state index contributed by atoms with van der Waals surface area (Å²) in [5.74, 6) is -0.0926. The number of carbonyl (C=O) groups excluding carboxylic acids is 1. The zero-order valence-corrected chi connectivity index (χ0v) is 13.7. The zero-order valence-electron chi connectivity index (χ0n) is 13.7. The first-order valence-corrected chi connectivity index (χ1v) is 7.51. The van der Waals surface area contributed by atoms with Gasteiger partial charge in [-0.05, 0) is 26.8 Å². The van der Waals surface area contributed by atoms with Crippen LogP contribution in [0, 0.1) is 13.8 Å². The number of carbonyl (C=O) groups is 1. The van der Waals surface area contributed by atoms with Crippen LogP contribution in [-0.2, 0) is 20.1 Å². The quantitative estimate of drug-likeness (QED) is 0.683. The second kappa shape index (κ2) is 5.49. The standard InChI is InChI=1S/C16H19N5O2/c1-5-21-10(2)6-12(11(21)3)14(22)8-20-9-17-15-13(16(20)23)7-18-19(15)4/h6-7,9H,5,8H2,1-4H3. The lowest BCUT2D eigenvalue weighted by Gasteiger charge is -2.07. The number of nitrogens with zero attached hydrogens (tertiary/aromatic N) is 5. The largest absolute Gasteiger partial charge is 0.349 e. The van der Waals surface area contributed by atoms with Gasteiger partial charge in [0.1, 0.15) is 11.7 Å². The molecule has 7 heteroatoms. The first-order chi connectivity index (χ1) is 10.9. The van der Waals surface area contributed by atoms with Crippen molar-refractivity contribution in [2.75, 3.05) is 0 Å². The number of hydrogen-bond acceptors (Lipinski definition) is 4. The number of aryl methyl sites for hydroxylation is 2. The SMILES string of the molecule is CCn1c(C)cc(C(=O)Cn2cnc3c(cnn3C)c2=O)c1C. The molecule has 0 radical (unpaired) electrons. The number of fused-ring (bicyclic) bond motifs is 1. The summed E-state index contributed by atoms with van der Waals surface area (Å²) in [7, 11) is 1.73. The third-order valence-electron chi connectivity index (χ3n) is 4.22. The van der Waals surface area contributed by atoms with E-state index in [0.717, 1.165) is 17.9 Å². The van der Waals surface area contributed by atoms with Gasteiger partial charge in [-0.15, -0.1) is 0 Å². The maximum atomic E-state index is 12.6. The molecule has 7 nitrogen and oxygen atoms in total. The van der Waals surface area contributed by atoms with Crippen molar-refractivity contribution in [3.63, 3.8) is 0 Å². The zero-order chi connectivity index (χ0) is 16.7. The van der Waals surface area contributed by atoms with Crippen LogP contribution >= 0.6 is 0 Å². The molecule has 3 heterocycles. The smallest absolute Gasteiger partial charge is 0.264 e. The number of rotatable bonds is 4. The average Bonchev–Trinajstić information content (AvgIpc) is 3.03. The molecule has 3 aromatic heterocycles. The predicted molar refractivity (Wildman–Crippen MR) is 86.7 cm³/mol. The molecule has 3 rings (SSSR count). The molecule has 0 amide bonds. The Bertz CT molecular complexity index is 961. The van der Waals surface area contributed by atoms with Crippen molar-refractivity contribution >= 4 is 16.8 Å². The normalized spacial score (nSPS) is 11.3. The van der Waals surface area contributed by atoms with Gasteiger partial charge in [0.25, 0.3) is 5.56 Å². The van der Waals surface area contributed by atoms with E-state index in [1.807, 2.05) is 26.8 Å². The monoisotopic (exact) mass is 313 g/mol. The summed E-state index contributed by atoms with van der Waals surface area (Å²) in [6, 6.07) is 1.88. The van der Waals surface area contributed by atoms with Gasteiger partial charge in [0.2, 0.25) is 0 Å². The Morgan fingerprint density at radius 1 is 1.30 bits per heavy atom. The Balaban J connectivity index is 1.98. The van der Waals surface area contributed by atoms with E-state index in [4.69, 9.17) is 0 Å². The summed E-state index contributed by atoms with van der Waals surface area (Å²) in [5, 5.41) is 4.45. The van der Waals surface area contributed by atoms with Crippen molar-refractivity contribution < 1.29 is 4.79 Å². The van der Waals surface area contributed by atoms with E-state index in [2.05, 4.69) is 14.6 Å². The van der Waals surface area contributed by atoms with Crippen molar-refractivity contribution in [1.29, 1.82) is 0 Å². The molecule has 0 N–H and O–H groups in total. The van der Waals surface area contributed by atoms with Crippen molar-refractivity contribution in [3.8, 4) is 0 Å². The van der Waals surface area contributed by atoms with Crippen LogP contribution in [-0.4, -0.2) is 29.7 Å². The fourth-order valence-corrected chi connectivity index (χ4v) is 2.99. The molecule has 0 fully saturated rings. The Labute approximate surface area is 133 Å². The van der Waals surface area contributed by atoms with Gasteiger partial charge in [-0.25, -0.2) is 4.98 Å². The molecular weight excluding hydrogens is 294 g/mol. The summed E-state index contributed by atoms with van der Waals surface area (Å²) in [6.07, 6.45) is 2.89. The minimum atomic E-state index is -0.249. The highest BCUT2D eigenvalue weighted by Gasteiger charge is 2.17. The Morgan fingerprint density at radius 2 is 2.04 bits per heavy atom. The van der Waals surface area contributed by atoms with Crippen LogP contribution in [0.3, 0.4) is 0 Å². The minimum Gasteiger partial charge on any atom is -0.349 e. The highest BCUT2D eigenvalue weighted by Crippen LogP contribution is 2.16. The van der Waals surface area contributed by atoms with Crippen LogP contribution in [0.2, 0.25) is 0 Å². The molecule has 0 atom stereocenters. The summed E-state index contributed by atoms with van der Waals surface area (Å²) < 4.78 is 4.96. The molecule has 0 aliphatic heterocycles. The molecule has 0 aliphatic carbocycles. The Morgan fingerprint density at radius 3 is 2.70 bits per heavy atom. The topological polar surface area (TPSA) is 74.7 Å². The van der Waals surface area contributed by atoms with Crippen molar-refractivity contribution in [1.82, 2.24) is 23.9 Å². The first kappa shape index (κ1) is 15.2. The average molecular weight is 313 g/mol. The molecule has 0 bridgehead atoms. The van der Waals surface area contributed by atoms with Gasteiger partial charge in [-0.2, -0.15) is 5.10 Å². The van der Waals surface area contributed by atoms with Gasteiger partial charge in [-0.3, -0.25) is 18.8 Å². The van der Waals surface area contributed by atoms with Crippen LogP contribution in [0.1, 0.15) is 28.7 Å². The molecule has 0 saturated heterocycles. The molecule has 23 heavy (non-hydrogen) atoms. The molecule has 0 saturated carbocycles. The summed E-state index contributed by atoms with van der Waals surface area (Å²) >= 11 is 0. The van der Waals surface area contributed by atoms with Crippen LogP contribution < -0.4 is 5.56 Å². The lowest BCUT2D eigenvalue weighted by molar-refractivity contribution is 0.0970. The van der Waals surface area contributed by atoms with E-state index in [-0.39, 0.29) is 17.9 Å². The maximum Gasteiger partial charge on any atom is 0.264 e. The van der Waals surface area contributed by atoms with Gasteiger partial charge in [0.05, 0.1) is 12.7 Å². The summed E-state index contributed by atoms with van der Waals surface area (Å²) in [4.78, 5) is 29.2. The van der Waals surface area contributed by atoms with Gasteiger partial charge in [0.15, 0.2) is 11.4 Å². The second-order valence-electron chi connectivity index (χ2n) is 5.64. The van der Waals surface area contributed by atoms with Crippen molar-refractivity contribution in [2.45, 2.75) is 33.9 Å². The third kappa shape index (κ3) is 2.38. The van der Waals surface area contributed by atoms with Crippen molar-refractivity contribution in [2.24, 2.45) is 7.05 Å². The van der Waals surface area contributed by atoms with Crippen molar-refractivity contribution in [3.05, 3.63) is 45.9 Å².